The highest BCUT2D eigenvalue weighted by atomic mass is 19.4. The largest absolute Gasteiger partial charge is 0.418 e. The quantitative estimate of drug-likeness (QED) is 0.646. The topological polar surface area (TPSA) is 25.8 Å². The lowest BCUT2D eigenvalue weighted by molar-refractivity contribution is -0.138. The van der Waals surface area contributed by atoms with Gasteiger partial charge in [-0.2, -0.15) is 13.2 Å². The summed E-state index contributed by atoms with van der Waals surface area (Å²) in [6.45, 7) is 3.43. The minimum absolute atomic E-state index is 0.0911. The van der Waals surface area contributed by atoms with Crippen LogP contribution in [0, 0.1) is 0 Å². The molecule has 0 N–H and O–H groups in total. The zero-order valence-corrected chi connectivity index (χ0v) is 13.4. The Kier molecular flexibility index (Phi) is 4.26. The number of rotatable bonds is 3. The average Bonchev–Trinajstić information content (AvgIpc) is 2.54. The number of benzene rings is 1. The molecule has 0 aliphatic rings. The highest BCUT2D eigenvalue weighted by Gasteiger charge is 2.35. The van der Waals surface area contributed by atoms with Crippen molar-refractivity contribution in [1.29, 1.82) is 0 Å². The van der Waals surface area contributed by atoms with E-state index in [0.29, 0.717) is 12.0 Å². The Bertz CT molecular complexity index is 865. The van der Waals surface area contributed by atoms with Gasteiger partial charge >= 0.3 is 6.18 Å². The second-order valence-electron chi connectivity index (χ2n) is 6.12. The Morgan fingerprint density at radius 3 is 2.58 bits per heavy atom. The third-order valence-corrected chi connectivity index (χ3v) is 3.99. The van der Waals surface area contributed by atoms with Gasteiger partial charge in [0.15, 0.2) is 0 Å². The molecule has 0 radical (unpaired) electrons. The molecular weight excluding hydrogens is 313 g/mol. The second-order valence-corrected chi connectivity index (χ2v) is 6.12. The van der Waals surface area contributed by atoms with Gasteiger partial charge < -0.3 is 0 Å². The number of pyridine rings is 2. The molecule has 0 fully saturated rings. The van der Waals surface area contributed by atoms with E-state index in [-0.39, 0.29) is 11.6 Å². The molecule has 2 aromatic heterocycles. The summed E-state index contributed by atoms with van der Waals surface area (Å²) in [5.41, 5.74) is 0.962. The van der Waals surface area contributed by atoms with E-state index in [9.17, 15) is 13.2 Å². The van der Waals surface area contributed by atoms with Gasteiger partial charge in [-0.25, -0.2) is 0 Å². The zero-order chi connectivity index (χ0) is 17.3. The van der Waals surface area contributed by atoms with Gasteiger partial charge in [-0.05, 0) is 41.0 Å². The molecule has 5 heteroatoms. The van der Waals surface area contributed by atoms with Crippen molar-refractivity contribution >= 4 is 10.8 Å². The maximum absolute atomic E-state index is 13.3. The summed E-state index contributed by atoms with van der Waals surface area (Å²) < 4.78 is 40.0. The number of fused-ring (bicyclic) bond motifs is 1. The van der Waals surface area contributed by atoms with E-state index in [1.807, 2.05) is 24.3 Å². The van der Waals surface area contributed by atoms with Crippen molar-refractivity contribution in [3.8, 4) is 0 Å². The Labute approximate surface area is 138 Å². The molecule has 0 unspecified atom stereocenters. The Morgan fingerprint density at radius 2 is 1.88 bits per heavy atom. The van der Waals surface area contributed by atoms with E-state index >= 15 is 0 Å². The second kappa shape index (κ2) is 6.23. The molecule has 0 bridgehead atoms. The fraction of sp³-hybridized carbons (Fsp3) is 0.263. The first-order valence-corrected chi connectivity index (χ1v) is 7.74. The molecule has 1 aromatic carbocycles. The van der Waals surface area contributed by atoms with Gasteiger partial charge in [0, 0.05) is 24.0 Å². The maximum Gasteiger partial charge on any atom is 0.418 e. The van der Waals surface area contributed by atoms with Crippen molar-refractivity contribution < 1.29 is 13.2 Å². The van der Waals surface area contributed by atoms with E-state index in [1.165, 1.54) is 6.07 Å². The standard InChI is InChI=1S/C19H17F3N2/c1-12(2)18-17(19(20,21)22)9-13(10-24-18)8-14-4-3-5-15-11-23-7-6-16(14)15/h3-7,9-12H,8H2,1-2H3. The van der Waals surface area contributed by atoms with E-state index in [2.05, 4.69) is 9.97 Å². The lowest BCUT2D eigenvalue weighted by atomic mass is 9.97. The number of aromatic nitrogens is 2. The SMILES string of the molecule is CC(C)c1ncc(Cc2cccc3cnccc23)cc1C(F)(F)F. The minimum Gasteiger partial charge on any atom is -0.264 e. The van der Waals surface area contributed by atoms with Gasteiger partial charge in [-0.3, -0.25) is 9.97 Å². The molecule has 0 saturated carbocycles. The van der Waals surface area contributed by atoms with Gasteiger partial charge in [-0.1, -0.05) is 32.0 Å². The van der Waals surface area contributed by atoms with Crippen LogP contribution in [0.1, 0.15) is 42.1 Å². The van der Waals surface area contributed by atoms with Crippen LogP contribution >= 0.6 is 0 Å². The number of hydrogen-bond donors (Lipinski definition) is 0. The zero-order valence-electron chi connectivity index (χ0n) is 13.4. The summed E-state index contributed by atoms with van der Waals surface area (Å²) in [7, 11) is 0. The van der Waals surface area contributed by atoms with Crippen molar-refractivity contribution in [2.75, 3.05) is 0 Å². The normalized spacial score (nSPS) is 12.1. The molecular formula is C19H17F3N2. The Morgan fingerprint density at radius 1 is 1.08 bits per heavy atom. The predicted octanol–water partition coefficient (Wildman–Crippen LogP) is 5.36. The molecule has 3 aromatic rings. The molecule has 2 heterocycles. The summed E-state index contributed by atoms with van der Waals surface area (Å²) in [5.74, 6) is -0.278. The number of nitrogens with zero attached hydrogens (tertiary/aromatic N) is 2. The first-order valence-electron chi connectivity index (χ1n) is 7.74. The smallest absolute Gasteiger partial charge is 0.264 e. The molecule has 0 amide bonds. The van der Waals surface area contributed by atoms with Crippen LogP contribution in [0.2, 0.25) is 0 Å². The molecule has 24 heavy (non-hydrogen) atoms. The first-order chi connectivity index (χ1) is 11.4. The van der Waals surface area contributed by atoms with Crippen molar-refractivity contribution in [2.24, 2.45) is 0 Å². The monoisotopic (exact) mass is 330 g/mol. The summed E-state index contributed by atoms with van der Waals surface area (Å²) >= 11 is 0. The fourth-order valence-electron chi connectivity index (χ4n) is 2.87. The third kappa shape index (κ3) is 3.25. The van der Waals surface area contributed by atoms with Crippen LogP contribution in [-0.2, 0) is 12.6 Å². The van der Waals surface area contributed by atoms with Crippen LogP contribution in [0.3, 0.4) is 0 Å². The highest BCUT2D eigenvalue weighted by Crippen LogP contribution is 2.35. The van der Waals surface area contributed by atoms with Gasteiger partial charge in [0.05, 0.1) is 11.3 Å². The highest BCUT2D eigenvalue weighted by molar-refractivity contribution is 5.85. The van der Waals surface area contributed by atoms with Crippen LogP contribution in [0.25, 0.3) is 10.8 Å². The summed E-state index contributed by atoms with van der Waals surface area (Å²) in [6, 6.07) is 8.85. The van der Waals surface area contributed by atoms with Crippen LogP contribution in [0.5, 0.6) is 0 Å². The van der Waals surface area contributed by atoms with Crippen molar-refractivity contribution in [3.63, 3.8) is 0 Å². The van der Waals surface area contributed by atoms with Gasteiger partial charge in [-0.15, -0.1) is 0 Å². The van der Waals surface area contributed by atoms with Crippen molar-refractivity contribution in [1.82, 2.24) is 9.97 Å². The summed E-state index contributed by atoms with van der Waals surface area (Å²) in [5, 5.41) is 1.96. The van der Waals surface area contributed by atoms with Crippen LogP contribution < -0.4 is 0 Å². The van der Waals surface area contributed by atoms with Gasteiger partial charge in [0.1, 0.15) is 0 Å². The summed E-state index contributed by atoms with van der Waals surface area (Å²) in [6.07, 6.45) is 0.985. The van der Waals surface area contributed by atoms with Gasteiger partial charge in [0.2, 0.25) is 0 Å². The van der Waals surface area contributed by atoms with E-state index in [0.717, 1.165) is 16.3 Å². The van der Waals surface area contributed by atoms with E-state index in [1.54, 1.807) is 32.4 Å². The number of halogens is 3. The van der Waals surface area contributed by atoms with Crippen LogP contribution in [-0.4, -0.2) is 9.97 Å². The molecule has 3 rings (SSSR count). The molecule has 0 spiro atoms. The van der Waals surface area contributed by atoms with Gasteiger partial charge in [0.25, 0.3) is 0 Å². The first kappa shape index (κ1) is 16.4. The average molecular weight is 330 g/mol. The van der Waals surface area contributed by atoms with E-state index < -0.39 is 11.7 Å². The molecule has 0 atom stereocenters. The molecule has 2 nitrogen and oxygen atoms in total. The predicted molar refractivity (Wildman–Crippen MR) is 87.9 cm³/mol. The molecule has 124 valence electrons. The van der Waals surface area contributed by atoms with Crippen LogP contribution in [0.4, 0.5) is 13.2 Å². The lowest BCUT2D eigenvalue weighted by Crippen LogP contribution is -2.13. The Hall–Kier alpha value is -2.43. The minimum atomic E-state index is -4.40. The Balaban J connectivity index is 2.04. The number of hydrogen-bond acceptors (Lipinski definition) is 2. The lowest BCUT2D eigenvalue weighted by Gasteiger charge is -2.16. The molecule has 0 aliphatic heterocycles. The maximum atomic E-state index is 13.3. The number of alkyl halides is 3. The molecule has 0 aliphatic carbocycles. The van der Waals surface area contributed by atoms with Crippen molar-refractivity contribution in [2.45, 2.75) is 32.4 Å². The van der Waals surface area contributed by atoms with E-state index in [4.69, 9.17) is 0 Å². The summed E-state index contributed by atoms with van der Waals surface area (Å²) in [4.78, 5) is 8.17. The third-order valence-electron chi connectivity index (χ3n) is 3.99. The van der Waals surface area contributed by atoms with Crippen LogP contribution in [0.15, 0.2) is 48.9 Å². The van der Waals surface area contributed by atoms with Crippen molar-refractivity contribution in [3.05, 3.63) is 71.3 Å². The molecule has 0 saturated heterocycles. The fourth-order valence-corrected chi connectivity index (χ4v) is 2.87.